The molecule has 5 heteroatoms. The first-order valence-electron chi connectivity index (χ1n) is 9.17. The smallest absolute Gasteiger partial charge is 0.308 e. The highest BCUT2D eigenvalue weighted by Crippen LogP contribution is 2.33. The highest BCUT2D eigenvalue weighted by Gasteiger charge is 2.41. The summed E-state index contributed by atoms with van der Waals surface area (Å²) >= 11 is 0. The lowest BCUT2D eigenvalue weighted by atomic mass is 9.74. The normalized spacial score (nSPS) is 23.2. The molecule has 1 aliphatic carbocycles. The van der Waals surface area contributed by atoms with Crippen LogP contribution in [0, 0.1) is 5.92 Å². The van der Waals surface area contributed by atoms with E-state index >= 15 is 0 Å². The van der Waals surface area contributed by atoms with E-state index < -0.39 is 17.4 Å². The Bertz CT molecular complexity index is 560. The number of carboxylic acid groups (broad SMARTS) is 1. The highest BCUT2D eigenvalue weighted by molar-refractivity contribution is 5.79. The maximum atomic E-state index is 12.2. The van der Waals surface area contributed by atoms with Crippen LogP contribution in [0.3, 0.4) is 0 Å². The molecule has 2 atom stereocenters. The van der Waals surface area contributed by atoms with Crippen molar-refractivity contribution in [2.45, 2.75) is 57.4 Å². The minimum Gasteiger partial charge on any atom is -0.481 e. The molecule has 2 rings (SSSR count). The summed E-state index contributed by atoms with van der Waals surface area (Å²) < 4.78 is 5.59. The Kier molecular flexibility index (Phi) is 7.44. The number of carbonyl (C=O) groups excluding carboxylic acids is 1. The second kappa shape index (κ2) is 9.56. The number of nitrogens with one attached hydrogen (secondary N) is 1. The summed E-state index contributed by atoms with van der Waals surface area (Å²) in [6, 6.07) is 10.2. The third-order valence-corrected chi connectivity index (χ3v) is 5.00. The molecule has 0 aromatic heterocycles. The Morgan fingerprint density at radius 1 is 1.24 bits per heavy atom. The second-order valence-corrected chi connectivity index (χ2v) is 7.05. The van der Waals surface area contributed by atoms with Crippen molar-refractivity contribution in [1.29, 1.82) is 0 Å². The molecule has 2 unspecified atom stereocenters. The van der Waals surface area contributed by atoms with Crippen molar-refractivity contribution < 1.29 is 19.4 Å². The first kappa shape index (κ1) is 19.4. The van der Waals surface area contributed by atoms with E-state index in [1.54, 1.807) is 0 Å². The molecule has 0 aliphatic heterocycles. The van der Waals surface area contributed by atoms with Gasteiger partial charge in [-0.15, -0.1) is 0 Å². The Labute approximate surface area is 149 Å². The van der Waals surface area contributed by atoms with Gasteiger partial charge in [0.1, 0.15) is 0 Å². The van der Waals surface area contributed by atoms with Gasteiger partial charge in [-0.2, -0.15) is 0 Å². The van der Waals surface area contributed by atoms with E-state index in [4.69, 9.17) is 4.74 Å². The average molecular weight is 347 g/mol. The minimum atomic E-state index is -0.813. The zero-order chi connectivity index (χ0) is 18.1. The predicted molar refractivity (Wildman–Crippen MR) is 96.3 cm³/mol. The van der Waals surface area contributed by atoms with Crippen LogP contribution in [-0.2, 0) is 20.7 Å². The number of aliphatic carboxylic acids is 1. The lowest BCUT2D eigenvalue weighted by molar-refractivity contribution is -0.146. The quantitative estimate of drug-likeness (QED) is 0.673. The highest BCUT2D eigenvalue weighted by atomic mass is 16.5. The van der Waals surface area contributed by atoms with Crippen LogP contribution in [0.5, 0.6) is 0 Å². The molecule has 1 saturated carbocycles. The summed E-state index contributed by atoms with van der Waals surface area (Å²) in [7, 11) is 0. The van der Waals surface area contributed by atoms with Crippen LogP contribution in [0.25, 0.3) is 0 Å². The zero-order valence-electron chi connectivity index (χ0n) is 15.0. The topological polar surface area (TPSA) is 75.6 Å². The van der Waals surface area contributed by atoms with Gasteiger partial charge in [-0.25, -0.2) is 0 Å². The molecule has 0 heterocycles. The molecule has 0 spiro atoms. The monoisotopic (exact) mass is 347 g/mol. The van der Waals surface area contributed by atoms with E-state index in [0.29, 0.717) is 32.5 Å². The van der Waals surface area contributed by atoms with Gasteiger partial charge >= 0.3 is 5.97 Å². The second-order valence-electron chi connectivity index (χ2n) is 7.05. The van der Waals surface area contributed by atoms with E-state index in [1.165, 1.54) is 5.56 Å². The molecular weight excluding hydrogens is 318 g/mol. The Balaban J connectivity index is 1.64. The number of ether oxygens (including phenoxy) is 1. The largest absolute Gasteiger partial charge is 0.481 e. The van der Waals surface area contributed by atoms with Crippen molar-refractivity contribution in [3.63, 3.8) is 0 Å². The van der Waals surface area contributed by atoms with Crippen molar-refractivity contribution in [2.75, 3.05) is 13.2 Å². The first-order valence-corrected chi connectivity index (χ1v) is 9.17. The molecule has 138 valence electrons. The maximum absolute atomic E-state index is 12.2. The molecule has 0 bridgehead atoms. The molecule has 1 aromatic carbocycles. The Morgan fingerprint density at radius 3 is 2.72 bits per heavy atom. The van der Waals surface area contributed by atoms with E-state index in [1.807, 2.05) is 25.1 Å². The third kappa shape index (κ3) is 6.16. The summed E-state index contributed by atoms with van der Waals surface area (Å²) in [5.41, 5.74) is 0.611. The van der Waals surface area contributed by atoms with Crippen LogP contribution in [0.1, 0.15) is 51.0 Å². The van der Waals surface area contributed by atoms with Crippen LogP contribution >= 0.6 is 0 Å². The molecule has 1 aromatic rings. The summed E-state index contributed by atoms with van der Waals surface area (Å²) in [5.74, 6) is -1.39. The fourth-order valence-corrected chi connectivity index (χ4v) is 3.53. The minimum absolute atomic E-state index is 0.0812. The third-order valence-electron chi connectivity index (χ3n) is 5.00. The fourth-order valence-electron chi connectivity index (χ4n) is 3.53. The summed E-state index contributed by atoms with van der Waals surface area (Å²) in [5, 5.41) is 12.4. The molecule has 1 aliphatic rings. The number of hydrogen-bond acceptors (Lipinski definition) is 3. The van der Waals surface area contributed by atoms with E-state index in [2.05, 4.69) is 17.4 Å². The summed E-state index contributed by atoms with van der Waals surface area (Å²) in [6.45, 7) is 3.04. The van der Waals surface area contributed by atoms with Gasteiger partial charge < -0.3 is 15.2 Å². The van der Waals surface area contributed by atoms with Crippen molar-refractivity contribution in [3.8, 4) is 0 Å². The number of benzene rings is 1. The van der Waals surface area contributed by atoms with Gasteiger partial charge in [0.2, 0.25) is 5.91 Å². The molecule has 25 heavy (non-hydrogen) atoms. The van der Waals surface area contributed by atoms with Crippen LogP contribution < -0.4 is 5.32 Å². The molecule has 0 radical (unpaired) electrons. The first-order chi connectivity index (χ1) is 12.0. The van der Waals surface area contributed by atoms with Crippen LogP contribution in [-0.4, -0.2) is 35.7 Å². The number of carboxylic acids is 1. The van der Waals surface area contributed by atoms with E-state index in [-0.39, 0.29) is 5.91 Å². The van der Waals surface area contributed by atoms with Crippen molar-refractivity contribution in [3.05, 3.63) is 35.9 Å². The maximum Gasteiger partial charge on any atom is 0.308 e. The van der Waals surface area contributed by atoms with Crippen LogP contribution in [0.2, 0.25) is 0 Å². The van der Waals surface area contributed by atoms with Gasteiger partial charge in [0.15, 0.2) is 0 Å². The summed E-state index contributed by atoms with van der Waals surface area (Å²) in [6.07, 6.45) is 5.12. The number of amides is 1. The molecule has 1 amide bonds. The predicted octanol–water partition coefficient (Wildman–Crippen LogP) is 3.18. The van der Waals surface area contributed by atoms with Crippen molar-refractivity contribution in [1.82, 2.24) is 5.32 Å². The molecule has 0 saturated heterocycles. The molecular formula is C20H29NO4. The summed E-state index contributed by atoms with van der Waals surface area (Å²) in [4.78, 5) is 23.6. The molecule has 5 nitrogen and oxygen atoms in total. The Morgan fingerprint density at radius 2 is 2.00 bits per heavy atom. The lowest BCUT2D eigenvalue weighted by Crippen LogP contribution is -2.55. The number of hydrogen-bond donors (Lipinski definition) is 2. The van der Waals surface area contributed by atoms with E-state index in [9.17, 15) is 14.7 Å². The van der Waals surface area contributed by atoms with Crippen molar-refractivity contribution in [2.24, 2.45) is 5.92 Å². The van der Waals surface area contributed by atoms with E-state index in [0.717, 1.165) is 25.7 Å². The average Bonchev–Trinajstić information content (AvgIpc) is 2.58. The van der Waals surface area contributed by atoms with Gasteiger partial charge in [-0.05, 0) is 38.2 Å². The van der Waals surface area contributed by atoms with Gasteiger partial charge in [0.25, 0.3) is 0 Å². The fraction of sp³-hybridized carbons (Fsp3) is 0.600. The van der Waals surface area contributed by atoms with Crippen molar-refractivity contribution >= 4 is 11.9 Å². The Hall–Kier alpha value is -1.88. The zero-order valence-corrected chi connectivity index (χ0v) is 15.0. The number of rotatable bonds is 9. The van der Waals surface area contributed by atoms with Crippen LogP contribution in [0.4, 0.5) is 0 Å². The standard InChI is InChI=1S/C20H29NO4/c1-20(13-6-5-10-17(20)19(23)24)21-18(22)11-7-14-25-15-12-16-8-3-2-4-9-16/h2-4,8-9,17H,5-7,10-15H2,1H3,(H,21,22)(H,23,24). The van der Waals surface area contributed by atoms with Gasteiger partial charge in [-0.1, -0.05) is 43.2 Å². The number of carbonyl (C=O) groups is 2. The molecule has 2 N–H and O–H groups in total. The lowest BCUT2D eigenvalue weighted by Gasteiger charge is -2.39. The SMILES string of the molecule is CC1(NC(=O)CCCOCCc2ccccc2)CCCCC1C(=O)O. The van der Waals surface area contributed by atoms with Gasteiger partial charge in [-0.3, -0.25) is 9.59 Å². The van der Waals surface area contributed by atoms with Gasteiger partial charge in [0.05, 0.1) is 18.1 Å². The van der Waals surface area contributed by atoms with Crippen LogP contribution in [0.15, 0.2) is 30.3 Å². The molecule has 1 fully saturated rings. The van der Waals surface area contributed by atoms with Gasteiger partial charge in [0, 0.05) is 13.0 Å².